The summed E-state index contributed by atoms with van der Waals surface area (Å²) in [5, 5.41) is 36.3. The summed E-state index contributed by atoms with van der Waals surface area (Å²) in [6.45, 7) is 4.98. The van der Waals surface area contributed by atoms with E-state index >= 15 is 0 Å². The quantitative estimate of drug-likeness (QED) is 0.336. The summed E-state index contributed by atoms with van der Waals surface area (Å²) >= 11 is 1.30. The van der Waals surface area contributed by atoms with Crippen molar-refractivity contribution in [2.24, 2.45) is 0 Å². The highest BCUT2D eigenvalue weighted by Crippen LogP contribution is 2.63. The number of piperazine rings is 1. The maximum absolute atomic E-state index is 12.8. The lowest BCUT2D eigenvalue weighted by molar-refractivity contribution is -0.157. The molecular formula is C30H31N3O9S. The molecule has 8 rings (SSSR count). The molecule has 4 bridgehead atoms. The molecule has 43 heavy (non-hydrogen) atoms. The standard InChI is InChI=1S/C30H31N3O9S/c1-12-5-15-6-30(9-31)10-32-21(18(15)23(36)24(12)38-4)22-28-20-19(16(33(22)30)7-39-29(37)17(35)8-43-28)27-26(40-11-41-27)13(2)25(20)42-14(3)34/h5,16-17,21-22,28,32,35-36H,6-8,10-11H2,1-4H3/t16-,17+,21+,22?,28+,30-/m0/s1. The van der Waals surface area contributed by atoms with Crippen molar-refractivity contribution in [2.75, 3.05) is 32.8 Å². The highest BCUT2D eigenvalue weighted by molar-refractivity contribution is 7.99. The number of nitriles is 1. The van der Waals surface area contributed by atoms with Crippen molar-refractivity contribution >= 4 is 23.7 Å². The minimum atomic E-state index is -1.39. The van der Waals surface area contributed by atoms with Gasteiger partial charge >= 0.3 is 11.9 Å². The second-order valence-electron chi connectivity index (χ2n) is 11.6. The van der Waals surface area contributed by atoms with Crippen molar-refractivity contribution in [3.05, 3.63) is 39.4 Å². The van der Waals surface area contributed by atoms with Crippen LogP contribution in [-0.4, -0.2) is 77.5 Å². The van der Waals surface area contributed by atoms with Gasteiger partial charge in [0.15, 0.2) is 29.1 Å². The zero-order valence-corrected chi connectivity index (χ0v) is 24.9. The number of phenolic OH excluding ortho intramolecular Hbond substituents is 1. The third kappa shape index (κ3) is 3.86. The Morgan fingerprint density at radius 1 is 1.21 bits per heavy atom. The fourth-order valence-corrected chi connectivity index (χ4v) is 9.04. The SMILES string of the molecule is COc1c(C)cc2c(c1O)[C@H]1NC[C@@](C#N)(C2)N2C1[C@@H]1SC[C@@H](O)C(=O)OC[C@H]2c2c3c(c(C)c(OC(C)=O)c21)OCO3. The Hall–Kier alpha value is -3.70. The van der Waals surface area contributed by atoms with E-state index in [-0.39, 0.29) is 37.9 Å². The van der Waals surface area contributed by atoms with Gasteiger partial charge in [-0.15, -0.1) is 11.8 Å². The maximum Gasteiger partial charge on any atom is 0.335 e. The van der Waals surface area contributed by atoms with Crippen LogP contribution in [0.1, 0.15) is 57.6 Å². The van der Waals surface area contributed by atoms with Crippen molar-refractivity contribution in [1.29, 1.82) is 5.26 Å². The van der Waals surface area contributed by atoms with Crippen molar-refractivity contribution < 1.29 is 43.5 Å². The van der Waals surface area contributed by atoms with Gasteiger partial charge in [0.1, 0.15) is 17.9 Å². The van der Waals surface area contributed by atoms with Crippen LogP contribution in [0, 0.1) is 25.2 Å². The molecule has 2 unspecified atom stereocenters. The number of aryl methyl sites for hydroxylation is 1. The average molecular weight is 610 g/mol. The molecule has 0 aliphatic carbocycles. The molecule has 0 amide bonds. The fourth-order valence-electron chi connectivity index (χ4n) is 7.63. The van der Waals surface area contributed by atoms with Crippen LogP contribution in [0.3, 0.4) is 0 Å². The van der Waals surface area contributed by atoms with Crippen LogP contribution in [-0.2, 0) is 20.7 Å². The van der Waals surface area contributed by atoms with Crippen LogP contribution in [0.15, 0.2) is 6.07 Å². The van der Waals surface area contributed by atoms with Crippen molar-refractivity contribution in [3.8, 4) is 34.8 Å². The molecule has 3 N–H and O–H groups in total. The summed E-state index contributed by atoms with van der Waals surface area (Å²) in [4.78, 5) is 27.4. The number of aliphatic hydroxyl groups is 1. The first-order chi connectivity index (χ1) is 20.6. The number of carbonyl (C=O) groups is 2. The molecule has 0 saturated carbocycles. The third-order valence-corrected chi connectivity index (χ3v) is 10.6. The first kappa shape index (κ1) is 28.1. The van der Waals surface area contributed by atoms with E-state index in [1.807, 2.05) is 13.0 Å². The van der Waals surface area contributed by atoms with Crippen molar-refractivity contribution in [2.45, 2.75) is 62.2 Å². The van der Waals surface area contributed by atoms with Gasteiger partial charge in [0.25, 0.3) is 0 Å². The maximum atomic E-state index is 12.8. The number of nitrogens with one attached hydrogen (secondary N) is 1. The number of benzene rings is 2. The summed E-state index contributed by atoms with van der Waals surface area (Å²) in [6, 6.07) is 2.78. The normalized spacial score (nSPS) is 31.6. The Morgan fingerprint density at radius 3 is 2.70 bits per heavy atom. The second kappa shape index (κ2) is 9.92. The zero-order chi connectivity index (χ0) is 30.4. The van der Waals surface area contributed by atoms with Gasteiger partial charge in [-0.25, -0.2) is 4.79 Å². The summed E-state index contributed by atoms with van der Waals surface area (Å²) < 4.78 is 29.1. The van der Waals surface area contributed by atoms with Crippen LogP contribution in [0.2, 0.25) is 0 Å². The molecule has 6 aliphatic rings. The van der Waals surface area contributed by atoms with E-state index in [1.165, 1.54) is 25.8 Å². The van der Waals surface area contributed by atoms with E-state index < -0.39 is 47.0 Å². The summed E-state index contributed by atoms with van der Waals surface area (Å²) in [5.74, 6) is 0.236. The van der Waals surface area contributed by atoms with E-state index in [2.05, 4.69) is 16.3 Å². The van der Waals surface area contributed by atoms with E-state index in [0.717, 1.165) is 11.1 Å². The number of hydrogen-bond acceptors (Lipinski definition) is 13. The predicted molar refractivity (Wildman–Crippen MR) is 151 cm³/mol. The van der Waals surface area contributed by atoms with Crippen LogP contribution in [0.25, 0.3) is 0 Å². The molecule has 0 spiro atoms. The van der Waals surface area contributed by atoms with Gasteiger partial charge in [0.05, 0.1) is 30.5 Å². The number of carbonyl (C=O) groups excluding carboxylic acids is 2. The molecule has 2 saturated heterocycles. The minimum Gasteiger partial charge on any atom is -0.504 e. The largest absolute Gasteiger partial charge is 0.504 e. The van der Waals surface area contributed by atoms with Crippen LogP contribution in [0.5, 0.6) is 28.7 Å². The van der Waals surface area contributed by atoms with Crippen molar-refractivity contribution in [1.82, 2.24) is 10.2 Å². The topological polar surface area (TPSA) is 160 Å². The summed E-state index contributed by atoms with van der Waals surface area (Å²) in [6.07, 6.45) is -1.11. The van der Waals surface area contributed by atoms with Gasteiger partial charge in [-0.3, -0.25) is 9.69 Å². The number of fused-ring (bicyclic) bond motifs is 6. The van der Waals surface area contributed by atoms with Gasteiger partial charge < -0.3 is 39.2 Å². The second-order valence-corrected chi connectivity index (χ2v) is 12.8. The first-order valence-corrected chi connectivity index (χ1v) is 15.1. The molecule has 2 aromatic carbocycles. The number of nitrogens with zero attached hydrogens (tertiary/aromatic N) is 2. The van der Waals surface area contributed by atoms with E-state index in [0.29, 0.717) is 45.3 Å². The average Bonchev–Trinajstić information content (AvgIpc) is 3.36. The number of esters is 2. The third-order valence-electron chi connectivity index (χ3n) is 9.21. The number of methoxy groups -OCH3 is 1. The number of ether oxygens (including phenoxy) is 5. The number of aliphatic hydroxyl groups excluding tert-OH is 1. The van der Waals surface area contributed by atoms with Gasteiger partial charge in [-0.1, -0.05) is 6.07 Å². The van der Waals surface area contributed by atoms with Gasteiger partial charge in [-0.2, -0.15) is 5.26 Å². The lowest BCUT2D eigenvalue weighted by atomic mass is 9.76. The van der Waals surface area contributed by atoms with Crippen LogP contribution >= 0.6 is 11.8 Å². The van der Waals surface area contributed by atoms with Crippen LogP contribution < -0.4 is 24.3 Å². The molecule has 2 fully saturated rings. The number of thioether (sulfide) groups is 1. The molecule has 13 heteroatoms. The predicted octanol–water partition coefficient (Wildman–Crippen LogP) is 2.25. The van der Waals surface area contributed by atoms with Gasteiger partial charge in [0, 0.05) is 53.9 Å². The van der Waals surface area contributed by atoms with E-state index in [9.17, 15) is 25.1 Å². The molecule has 6 aliphatic heterocycles. The Kier molecular flexibility index (Phi) is 6.48. The number of cyclic esters (lactones) is 1. The number of hydrogen-bond donors (Lipinski definition) is 3. The molecule has 226 valence electrons. The molecule has 7 atom stereocenters. The highest BCUT2D eigenvalue weighted by Gasteiger charge is 2.62. The molecule has 6 heterocycles. The minimum absolute atomic E-state index is 0.00248. The molecule has 0 radical (unpaired) electrons. The summed E-state index contributed by atoms with van der Waals surface area (Å²) in [5.41, 5.74) is 2.89. The molecule has 2 aromatic rings. The van der Waals surface area contributed by atoms with Crippen molar-refractivity contribution in [3.63, 3.8) is 0 Å². The monoisotopic (exact) mass is 609 g/mol. The Balaban J connectivity index is 1.57. The lowest BCUT2D eigenvalue weighted by Gasteiger charge is -2.58. The number of rotatable bonds is 2. The number of phenols is 1. The fraction of sp³-hybridized carbons (Fsp3) is 0.500. The van der Waals surface area contributed by atoms with E-state index in [4.69, 9.17) is 23.7 Å². The molecular weight excluding hydrogens is 578 g/mol. The Morgan fingerprint density at radius 2 is 1.98 bits per heavy atom. The Bertz CT molecular complexity index is 1620. The molecule has 12 nitrogen and oxygen atoms in total. The molecule has 0 aromatic heterocycles. The summed E-state index contributed by atoms with van der Waals surface area (Å²) in [7, 11) is 1.50. The van der Waals surface area contributed by atoms with E-state index in [1.54, 1.807) is 6.92 Å². The highest BCUT2D eigenvalue weighted by atomic mass is 32.2. The zero-order valence-electron chi connectivity index (χ0n) is 24.1. The number of aromatic hydroxyl groups is 1. The first-order valence-electron chi connectivity index (χ1n) is 14.0. The smallest absolute Gasteiger partial charge is 0.335 e. The van der Waals surface area contributed by atoms with Gasteiger partial charge in [-0.05, 0) is 25.0 Å². The van der Waals surface area contributed by atoms with Crippen LogP contribution in [0.4, 0.5) is 0 Å². The van der Waals surface area contributed by atoms with Gasteiger partial charge in [0.2, 0.25) is 6.79 Å². The Labute approximate surface area is 251 Å². The lowest BCUT2D eigenvalue weighted by Crippen LogP contribution is -2.69.